The summed E-state index contributed by atoms with van der Waals surface area (Å²) in [5, 5.41) is 5.38. The van der Waals surface area contributed by atoms with E-state index in [0.29, 0.717) is 16.3 Å². The quantitative estimate of drug-likeness (QED) is 0.375. The molecule has 9 heteroatoms. The van der Waals surface area contributed by atoms with Crippen molar-refractivity contribution >= 4 is 49.9 Å². The van der Waals surface area contributed by atoms with Gasteiger partial charge in [0.25, 0.3) is 5.22 Å². The number of hydrogen-bond acceptors (Lipinski definition) is 7. The third-order valence-electron chi connectivity index (χ3n) is 4.67. The second-order valence-corrected chi connectivity index (χ2v) is 10.9. The second kappa shape index (κ2) is 9.25. The van der Waals surface area contributed by atoms with E-state index in [9.17, 15) is 13.2 Å². The van der Waals surface area contributed by atoms with E-state index in [1.807, 2.05) is 47.8 Å². The molecule has 0 spiro atoms. The minimum atomic E-state index is -3.32. The molecule has 0 aliphatic rings. The zero-order valence-electron chi connectivity index (χ0n) is 16.6. The Morgan fingerprint density at radius 3 is 2.68 bits per heavy atom. The van der Waals surface area contributed by atoms with Gasteiger partial charge < -0.3 is 9.73 Å². The van der Waals surface area contributed by atoms with Crippen LogP contribution in [0.25, 0.3) is 11.1 Å². The number of rotatable bonds is 8. The van der Waals surface area contributed by atoms with Gasteiger partial charge in [-0.15, -0.1) is 11.3 Å². The molecule has 160 valence electrons. The first-order valence-electron chi connectivity index (χ1n) is 9.60. The molecule has 31 heavy (non-hydrogen) atoms. The summed E-state index contributed by atoms with van der Waals surface area (Å²) in [7, 11) is -3.32. The minimum Gasteiger partial charge on any atom is -0.431 e. The lowest BCUT2D eigenvalue weighted by Crippen LogP contribution is -2.30. The van der Waals surface area contributed by atoms with Crippen molar-refractivity contribution in [2.75, 3.05) is 11.5 Å². The number of hydrogen-bond donors (Lipinski definition) is 1. The van der Waals surface area contributed by atoms with Crippen LogP contribution in [0.1, 0.15) is 23.4 Å². The van der Waals surface area contributed by atoms with Crippen LogP contribution in [0.2, 0.25) is 0 Å². The Morgan fingerprint density at radius 1 is 1.16 bits per heavy atom. The zero-order chi connectivity index (χ0) is 21.8. The standard InChI is InChI=1S/C22H20N2O4S3/c1-2-31(26,27)16-10-11-18-17(13-16)23-22(28-18)30-14-20(25)24-21(19-9-6-12-29-19)15-7-4-3-5-8-15/h3-13,21H,2,14H2,1H3,(H,24,25)/t21-/m1/s1. The molecule has 1 N–H and O–H groups in total. The molecule has 0 saturated heterocycles. The van der Waals surface area contributed by atoms with Crippen LogP contribution in [0.5, 0.6) is 0 Å². The fraction of sp³-hybridized carbons (Fsp3) is 0.182. The Hall–Kier alpha value is -2.62. The topological polar surface area (TPSA) is 89.3 Å². The first kappa shape index (κ1) is 21.6. The lowest BCUT2D eigenvalue weighted by Gasteiger charge is -2.17. The van der Waals surface area contributed by atoms with Crippen molar-refractivity contribution in [3.63, 3.8) is 0 Å². The fourth-order valence-electron chi connectivity index (χ4n) is 3.06. The summed E-state index contributed by atoms with van der Waals surface area (Å²) in [4.78, 5) is 18.3. The highest BCUT2D eigenvalue weighted by Gasteiger charge is 2.19. The van der Waals surface area contributed by atoms with Crippen molar-refractivity contribution in [1.29, 1.82) is 0 Å². The van der Waals surface area contributed by atoms with Gasteiger partial charge in [0.15, 0.2) is 15.4 Å². The highest BCUT2D eigenvalue weighted by molar-refractivity contribution is 7.99. The second-order valence-electron chi connectivity index (χ2n) is 6.73. The summed E-state index contributed by atoms with van der Waals surface area (Å²) in [6.45, 7) is 1.60. The summed E-state index contributed by atoms with van der Waals surface area (Å²) in [5.74, 6) is -0.00386. The van der Waals surface area contributed by atoms with Gasteiger partial charge >= 0.3 is 0 Å². The van der Waals surface area contributed by atoms with Crippen molar-refractivity contribution in [2.24, 2.45) is 0 Å². The van der Waals surface area contributed by atoms with Crippen molar-refractivity contribution < 1.29 is 17.6 Å². The summed E-state index contributed by atoms with van der Waals surface area (Å²) in [5.41, 5.74) is 1.95. The van der Waals surface area contributed by atoms with Crippen LogP contribution < -0.4 is 5.32 Å². The predicted molar refractivity (Wildman–Crippen MR) is 123 cm³/mol. The van der Waals surface area contributed by atoms with E-state index in [0.717, 1.165) is 10.4 Å². The van der Waals surface area contributed by atoms with E-state index in [4.69, 9.17) is 4.42 Å². The van der Waals surface area contributed by atoms with E-state index in [1.165, 1.54) is 23.9 Å². The zero-order valence-corrected chi connectivity index (χ0v) is 19.1. The molecule has 4 aromatic rings. The Morgan fingerprint density at radius 2 is 1.97 bits per heavy atom. The Balaban J connectivity index is 1.46. The molecule has 0 aliphatic carbocycles. The number of aromatic nitrogens is 1. The van der Waals surface area contributed by atoms with Crippen LogP contribution in [0.3, 0.4) is 0 Å². The van der Waals surface area contributed by atoms with Gasteiger partial charge in [-0.2, -0.15) is 0 Å². The van der Waals surface area contributed by atoms with Crippen molar-refractivity contribution in [3.8, 4) is 0 Å². The predicted octanol–water partition coefficient (Wildman–Crippen LogP) is 4.68. The molecule has 2 heterocycles. The molecule has 2 aromatic carbocycles. The Labute approximate surface area is 188 Å². The van der Waals surface area contributed by atoms with Crippen LogP contribution in [-0.4, -0.2) is 30.8 Å². The van der Waals surface area contributed by atoms with Crippen molar-refractivity contribution in [2.45, 2.75) is 23.1 Å². The molecule has 1 atom stereocenters. The molecule has 0 bridgehead atoms. The molecule has 2 aromatic heterocycles. The van der Waals surface area contributed by atoms with Crippen LogP contribution >= 0.6 is 23.1 Å². The molecule has 1 amide bonds. The first-order valence-corrected chi connectivity index (χ1v) is 13.1. The smallest absolute Gasteiger partial charge is 0.257 e. The van der Waals surface area contributed by atoms with Crippen molar-refractivity contribution in [3.05, 3.63) is 76.5 Å². The lowest BCUT2D eigenvalue weighted by atomic mass is 10.1. The molecule has 0 aliphatic heterocycles. The molecular weight excluding hydrogens is 452 g/mol. The maximum absolute atomic E-state index is 12.7. The number of carbonyl (C=O) groups is 1. The van der Waals surface area contributed by atoms with Gasteiger partial charge in [-0.1, -0.05) is 55.1 Å². The average molecular weight is 473 g/mol. The van der Waals surface area contributed by atoms with Gasteiger partial charge in [-0.05, 0) is 35.2 Å². The average Bonchev–Trinajstić information content (AvgIpc) is 3.46. The molecule has 0 unspecified atom stereocenters. The molecule has 4 rings (SSSR count). The first-order chi connectivity index (χ1) is 15.0. The molecular formula is C22H20N2O4S3. The van der Waals surface area contributed by atoms with Crippen LogP contribution in [0.15, 0.2) is 80.6 Å². The summed E-state index contributed by atoms with van der Waals surface area (Å²) >= 11 is 2.76. The van der Waals surface area contributed by atoms with E-state index < -0.39 is 9.84 Å². The number of carbonyl (C=O) groups excluding carboxylic acids is 1. The Kier molecular flexibility index (Phi) is 6.45. The normalized spacial score (nSPS) is 12.7. The molecule has 0 saturated carbocycles. The largest absolute Gasteiger partial charge is 0.431 e. The number of nitrogens with one attached hydrogen (secondary N) is 1. The van der Waals surface area contributed by atoms with Gasteiger partial charge in [-0.3, -0.25) is 4.79 Å². The number of amides is 1. The van der Waals surface area contributed by atoms with Gasteiger partial charge in [0.2, 0.25) is 5.91 Å². The third kappa shape index (κ3) is 5.00. The van der Waals surface area contributed by atoms with Crippen LogP contribution in [-0.2, 0) is 14.6 Å². The SMILES string of the molecule is CCS(=O)(=O)c1ccc2oc(SCC(=O)N[C@H](c3ccccc3)c3cccs3)nc2c1. The number of thioether (sulfide) groups is 1. The van der Waals surface area contributed by atoms with Crippen LogP contribution in [0, 0.1) is 0 Å². The monoisotopic (exact) mass is 472 g/mol. The highest BCUT2D eigenvalue weighted by Crippen LogP contribution is 2.28. The molecule has 0 radical (unpaired) electrons. The number of sulfone groups is 1. The van der Waals surface area contributed by atoms with Gasteiger partial charge in [-0.25, -0.2) is 13.4 Å². The van der Waals surface area contributed by atoms with E-state index >= 15 is 0 Å². The Bertz CT molecular complexity index is 1280. The van der Waals surface area contributed by atoms with Gasteiger partial charge in [0.1, 0.15) is 5.52 Å². The van der Waals surface area contributed by atoms with E-state index in [2.05, 4.69) is 10.3 Å². The maximum atomic E-state index is 12.7. The molecule has 0 fully saturated rings. The fourth-order valence-corrected chi connectivity index (χ4v) is 5.41. The van der Waals surface area contributed by atoms with E-state index in [-0.39, 0.29) is 28.4 Å². The van der Waals surface area contributed by atoms with E-state index in [1.54, 1.807) is 24.3 Å². The number of benzene rings is 2. The number of oxazole rings is 1. The highest BCUT2D eigenvalue weighted by atomic mass is 32.2. The minimum absolute atomic E-state index is 0.0188. The summed E-state index contributed by atoms with van der Waals surface area (Å²) in [6, 6.07) is 18.2. The van der Waals surface area contributed by atoms with Gasteiger partial charge in [0, 0.05) is 4.88 Å². The third-order valence-corrected chi connectivity index (χ3v) is 8.17. The number of fused-ring (bicyclic) bond motifs is 1. The summed E-state index contributed by atoms with van der Waals surface area (Å²) < 4.78 is 29.8. The number of thiophene rings is 1. The van der Waals surface area contributed by atoms with Crippen LogP contribution in [0.4, 0.5) is 0 Å². The molecule has 6 nitrogen and oxygen atoms in total. The number of nitrogens with zero attached hydrogens (tertiary/aromatic N) is 1. The maximum Gasteiger partial charge on any atom is 0.257 e. The summed E-state index contributed by atoms with van der Waals surface area (Å²) in [6.07, 6.45) is 0. The van der Waals surface area contributed by atoms with Gasteiger partial charge in [0.05, 0.1) is 22.4 Å². The van der Waals surface area contributed by atoms with Crippen molar-refractivity contribution in [1.82, 2.24) is 10.3 Å². The lowest BCUT2D eigenvalue weighted by molar-refractivity contribution is -0.119.